The highest BCUT2D eigenvalue weighted by molar-refractivity contribution is 6.21. The maximum Gasteiger partial charge on any atom is 0.261 e. The molecule has 1 aromatic rings. The largest absolute Gasteiger partial charge is 0.303 e. The summed E-state index contributed by atoms with van der Waals surface area (Å²) >= 11 is 0. The molecular weight excluding hydrogens is 196 g/mol. The van der Waals surface area contributed by atoms with Crippen molar-refractivity contribution >= 4 is 11.8 Å². The van der Waals surface area contributed by atoms with Gasteiger partial charge in [0.2, 0.25) is 0 Å². The molecule has 0 aromatic heterocycles. The van der Waals surface area contributed by atoms with Crippen LogP contribution < -0.4 is 5.90 Å². The smallest absolute Gasteiger partial charge is 0.261 e. The van der Waals surface area contributed by atoms with Crippen molar-refractivity contribution in [1.82, 2.24) is 4.90 Å². The van der Waals surface area contributed by atoms with Crippen LogP contribution in [0.3, 0.4) is 0 Å². The van der Waals surface area contributed by atoms with Crippen LogP contribution in [0.1, 0.15) is 20.7 Å². The summed E-state index contributed by atoms with van der Waals surface area (Å²) in [5.74, 6) is 4.28. The first-order chi connectivity index (χ1) is 7.25. The molecule has 15 heavy (non-hydrogen) atoms. The zero-order valence-corrected chi connectivity index (χ0v) is 7.97. The van der Waals surface area contributed by atoms with E-state index in [-0.39, 0.29) is 25.0 Å². The Bertz CT molecular complexity index is 382. The highest BCUT2D eigenvalue weighted by atomic mass is 16.6. The summed E-state index contributed by atoms with van der Waals surface area (Å²) in [6.45, 7) is 0.328. The van der Waals surface area contributed by atoms with Crippen molar-refractivity contribution in [2.24, 2.45) is 5.90 Å². The van der Waals surface area contributed by atoms with Gasteiger partial charge >= 0.3 is 0 Å². The summed E-state index contributed by atoms with van der Waals surface area (Å²) in [4.78, 5) is 28.9. The molecule has 0 unspecified atom stereocenters. The number of hydrogen-bond acceptors (Lipinski definition) is 4. The number of carbonyl (C=O) groups is 2. The summed E-state index contributed by atoms with van der Waals surface area (Å²) in [5, 5.41) is 0. The number of hydrogen-bond donors (Lipinski definition) is 1. The standard InChI is InChI=1S/C10H10N2O3/c11-15-6-5-12-9(13)7-3-1-2-4-8(7)10(12)14/h1-4H,5-6,11H2. The van der Waals surface area contributed by atoms with Gasteiger partial charge < -0.3 is 4.84 Å². The summed E-state index contributed by atoms with van der Waals surface area (Å²) in [5.41, 5.74) is 0.888. The molecule has 2 N–H and O–H groups in total. The number of fused-ring (bicyclic) bond motifs is 1. The average Bonchev–Trinajstić information content (AvgIpc) is 2.51. The molecule has 0 atom stereocenters. The minimum atomic E-state index is -0.285. The number of imide groups is 1. The second-order valence-electron chi connectivity index (χ2n) is 3.18. The topological polar surface area (TPSA) is 72.6 Å². The van der Waals surface area contributed by atoms with Crippen molar-refractivity contribution in [2.45, 2.75) is 0 Å². The van der Waals surface area contributed by atoms with Gasteiger partial charge in [-0.05, 0) is 12.1 Å². The lowest BCUT2D eigenvalue weighted by atomic mass is 10.1. The van der Waals surface area contributed by atoms with Gasteiger partial charge in [-0.3, -0.25) is 14.5 Å². The van der Waals surface area contributed by atoms with E-state index in [4.69, 9.17) is 5.90 Å². The second kappa shape index (κ2) is 3.80. The SMILES string of the molecule is NOCCN1C(=O)c2ccccc2C1=O. The van der Waals surface area contributed by atoms with Crippen molar-refractivity contribution in [3.63, 3.8) is 0 Å². The lowest BCUT2D eigenvalue weighted by Gasteiger charge is -2.11. The van der Waals surface area contributed by atoms with E-state index in [0.717, 1.165) is 4.90 Å². The Balaban J connectivity index is 2.29. The van der Waals surface area contributed by atoms with Gasteiger partial charge in [0.1, 0.15) is 0 Å². The Morgan fingerprint density at radius 3 is 2.13 bits per heavy atom. The Morgan fingerprint density at radius 2 is 1.67 bits per heavy atom. The van der Waals surface area contributed by atoms with Gasteiger partial charge in [-0.1, -0.05) is 12.1 Å². The van der Waals surface area contributed by atoms with Gasteiger partial charge in [0.15, 0.2) is 0 Å². The number of rotatable bonds is 3. The minimum Gasteiger partial charge on any atom is -0.303 e. The van der Waals surface area contributed by atoms with E-state index in [1.54, 1.807) is 24.3 Å². The molecule has 78 valence electrons. The second-order valence-corrected chi connectivity index (χ2v) is 3.18. The molecule has 0 saturated carbocycles. The third-order valence-corrected chi connectivity index (χ3v) is 2.31. The minimum absolute atomic E-state index is 0.144. The highest BCUT2D eigenvalue weighted by Gasteiger charge is 2.34. The molecule has 2 amide bonds. The number of carbonyl (C=O) groups excluding carboxylic acids is 2. The van der Waals surface area contributed by atoms with Crippen molar-refractivity contribution in [1.29, 1.82) is 0 Å². The van der Waals surface area contributed by atoms with Crippen LogP contribution in [0.2, 0.25) is 0 Å². The van der Waals surface area contributed by atoms with Gasteiger partial charge in [-0.25, -0.2) is 5.90 Å². The van der Waals surface area contributed by atoms with Crippen molar-refractivity contribution in [2.75, 3.05) is 13.2 Å². The van der Waals surface area contributed by atoms with Gasteiger partial charge in [-0.15, -0.1) is 0 Å². The third-order valence-electron chi connectivity index (χ3n) is 2.31. The molecule has 0 aliphatic carbocycles. The van der Waals surface area contributed by atoms with E-state index in [2.05, 4.69) is 4.84 Å². The van der Waals surface area contributed by atoms with Gasteiger partial charge in [0.25, 0.3) is 11.8 Å². The fourth-order valence-corrected chi connectivity index (χ4v) is 1.59. The van der Waals surface area contributed by atoms with E-state index in [1.165, 1.54) is 0 Å². The Kier molecular flexibility index (Phi) is 2.49. The average molecular weight is 206 g/mol. The molecular formula is C10H10N2O3. The first-order valence-corrected chi connectivity index (χ1v) is 4.52. The van der Waals surface area contributed by atoms with Crippen LogP contribution in [0.15, 0.2) is 24.3 Å². The molecule has 1 aromatic carbocycles. The normalized spacial score (nSPS) is 14.6. The summed E-state index contributed by atoms with van der Waals surface area (Å²) in [7, 11) is 0. The van der Waals surface area contributed by atoms with Crippen molar-refractivity contribution < 1.29 is 14.4 Å². The maximum atomic E-state index is 11.7. The Morgan fingerprint density at radius 1 is 1.13 bits per heavy atom. The molecule has 0 radical (unpaired) electrons. The highest BCUT2D eigenvalue weighted by Crippen LogP contribution is 2.21. The summed E-state index contributed by atoms with van der Waals surface area (Å²) < 4.78 is 0. The number of benzene rings is 1. The fraction of sp³-hybridized carbons (Fsp3) is 0.200. The van der Waals surface area contributed by atoms with E-state index >= 15 is 0 Å². The molecule has 5 nitrogen and oxygen atoms in total. The van der Waals surface area contributed by atoms with Crippen molar-refractivity contribution in [3.8, 4) is 0 Å². The molecule has 0 saturated heterocycles. The van der Waals surface area contributed by atoms with Gasteiger partial charge in [-0.2, -0.15) is 0 Å². The quantitative estimate of drug-likeness (QED) is 0.565. The third kappa shape index (κ3) is 1.51. The van der Waals surface area contributed by atoms with Crippen LogP contribution in [0.25, 0.3) is 0 Å². The first-order valence-electron chi connectivity index (χ1n) is 4.52. The monoisotopic (exact) mass is 206 g/mol. The zero-order valence-electron chi connectivity index (χ0n) is 7.97. The van der Waals surface area contributed by atoms with Crippen LogP contribution in [0.4, 0.5) is 0 Å². The lowest BCUT2D eigenvalue weighted by molar-refractivity contribution is 0.0565. The molecule has 1 heterocycles. The molecule has 5 heteroatoms. The number of nitrogens with zero attached hydrogens (tertiary/aromatic N) is 1. The Labute approximate surface area is 86.4 Å². The van der Waals surface area contributed by atoms with Crippen LogP contribution >= 0.6 is 0 Å². The van der Waals surface area contributed by atoms with E-state index in [0.29, 0.717) is 11.1 Å². The molecule has 1 aliphatic rings. The molecule has 0 fully saturated rings. The van der Waals surface area contributed by atoms with Crippen LogP contribution in [0, 0.1) is 0 Å². The van der Waals surface area contributed by atoms with Crippen LogP contribution in [-0.2, 0) is 4.84 Å². The fourth-order valence-electron chi connectivity index (χ4n) is 1.59. The predicted octanol–water partition coefficient (Wildman–Crippen LogP) is 0.173. The summed E-state index contributed by atoms with van der Waals surface area (Å²) in [6.07, 6.45) is 0. The van der Waals surface area contributed by atoms with Crippen molar-refractivity contribution in [3.05, 3.63) is 35.4 Å². The van der Waals surface area contributed by atoms with Crippen LogP contribution in [-0.4, -0.2) is 29.9 Å². The first kappa shape index (κ1) is 9.82. The predicted molar refractivity (Wildman–Crippen MR) is 51.9 cm³/mol. The van der Waals surface area contributed by atoms with E-state index in [9.17, 15) is 9.59 Å². The number of nitrogens with two attached hydrogens (primary N) is 1. The lowest BCUT2D eigenvalue weighted by Crippen LogP contribution is -2.33. The molecule has 2 rings (SSSR count). The van der Waals surface area contributed by atoms with E-state index < -0.39 is 0 Å². The van der Waals surface area contributed by atoms with E-state index in [1.807, 2.05) is 0 Å². The zero-order chi connectivity index (χ0) is 10.8. The molecule has 1 aliphatic heterocycles. The van der Waals surface area contributed by atoms with Crippen LogP contribution in [0.5, 0.6) is 0 Å². The van der Waals surface area contributed by atoms with Gasteiger partial charge in [0, 0.05) is 0 Å². The van der Waals surface area contributed by atoms with Gasteiger partial charge in [0.05, 0.1) is 24.3 Å². The number of amides is 2. The summed E-state index contributed by atoms with van der Waals surface area (Å²) in [6, 6.07) is 6.73. The Hall–Kier alpha value is -1.72. The molecule has 0 bridgehead atoms. The molecule has 0 spiro atoms. The maximum absolute atomic E-state index is 11.7.